The van der Waals surface area contributed by atoms with Gasteiger partial charge in [-0.1, -0.05) is 13.8 Å². The Morgan fingerprint density at radius 3 is 2.33 bits per heavy atom. The van der Waals surface area contributed by atoms with Crippen LogP contribution in [0.15, 0.2) is 0 Å². The summed E-state index contributed by atoms with van der Waals surface area (Å²) < 4.78 is 0. The second-order valence-electron chi connectivity index (χ2n) is 4.46. The first-order valence-electron chi connectivity index (χ1n) is 5.68. The van der Waals surface area contributed by atoms with Crippen LogP contribution >= 0.6 is 0 Å². The minimum absolute atomic E-state index is 0.289. The third-order valence-corrected chi connectivity index (χ3v) is 2.82. The zero-order valence-electron chi connectivity index (χ0n) is 10.4. The van der Waals surface area contributed by atoms with Crippen LogP contribution in [0.4, 0.5) is 0 Å². The van der Waals surface area contributed by atoms with E-state index in [1.165, 1.54) is 0 Å². The Kier molecular flexibility index (Phi) is 5.83. The van der Waals surface area contributed by atoms with Gasteiger partial charge in [-0.15, -0.1) is 0 Å². The Morgan fingerprint density at radius 1 is 1.47 bits per heavy atom. The van der Waals surface area contributed by atoms with Crippen LogP contribution in [-0.4, -0.2) is 35.5 Å². The van der Waals surface area contributed by atoms with E-state index in [1.807, 2.05) is 0 Å². The highest BCUT2D eigenvalue weighted by atomic mass is 16.1. The summed E-state index contributed by atoms with van der Waals surface area (Å²) in [6, 6.07) is 0.289. The summed E-state index contributed by atoms with van der Waals surface area (Å²) in [5, 5.41) is 0. The fraction of sp³-hybridized carbons (Fsp3) is 0.909. The molecule has 4 N–H and O–H groups in total. The largest absolute Gasteiger partial charge is 0.368 e. The molecule has 0 saturated carbocycles. The Morgan fingerprint density at radius 2 is 2.00 bits per heavy atom. The monoisotopic (exact) mass is 215 g/mol. The molecule has 0 aromatic heterocycles. The summed E-state index contributed by atoms with van der Waals surface area (Å²) in [6.45, 7) is 10.1. The van der Waals surface area contributed by atoms with Crippen molar-refractivity contribution in [3.63, 3.8) is 0 Å². The molecule has 90 valence electrons. The Bertz CT molecular complexity index is 204. The van der Waals surface area contributed by atoms with E-state index in [0.29, 0.717) is 6.42 Å². The van der Waals surface area contributed by atoms with E-state index in [-0.39, 0.29) is 6.04 Å². The number of rotatable bonds is 7. The first-order chi connectivity index (χ1) is 6.85. The third-order valence-electron chi connectivity index (χ3n) is 2.82. The molecule has 0 bridgehead atoms. The second-order valence-corrected chi connectivity index (χ2v) is 4.46. The molecule has 4 nitrogen and oxygen atoms in total. The maximum absolute atomic E-state index is 11.1. The average molecular weight is 215 g/mol. The predicted octanol–water partition coefficient (Wildman–Crippen LogP) is 0.700. The molecular formula is C11H25N3O. The molecule has 2 atom stereocenters. The van der Waals surface area contributed by atoms with Crippen molar-refractivity contribution < 1.29 is 4.79 Å². The molecule has 4 heteroatoms. The summed E-state index contributed by atoms with van der Waals surface area (Å²) >= 11 is 0. The van der Waals surface area contributed by atoms with E-state index in [1.54, 1.807) is 6.92 Å². The Labute approximate surface area is 93.0 Å². The molecule has 0 aliphatic rings. The van der Waals surface area contributed by atoms with Gasteiger partial charge in [0.25, 0.3) is 0 Å². The standard InChI is InChI=1S/C11H25N3O/c1-5-7-14(6-2)9(3)8-11(4,13)10(12)15/h9H,5-8,13H2,1-4H3,(H2,12,15). The highest BCUT2D eigenvalue weighted by molar-refractivity contribution is 5.83. The zero-order valence-corrected chi connectivity index (χ0v) is 10.4. The number of amides is 1. The van der Waals surface area contributed by atoms with Crippen molar-refractivity contribution in [1.82, 2.24) is 4.90 Å². The summed E-state index contributed by atoms with van der Waals surface area (Å²) in [7, 11) is 0. The summed E-state index contributed by atoms with van der Waals surface area (Å²) in [5.74, 6) is -0.429. The van der Waals surface area contributed by atoms with E-state index in [0.717, 1.165) is 19.5 Å². The Hall–Kier alpha value is -0.610. The minimum atomic E-state index is -0.902. The first kappa shape index (κ1) is 14.4. The Balaban J connectivity index is 4.32. The van der Waals surface area contributed by atoms with Gasteiger partial charge in [0.15, 0.2) is 0 Å². The van der Waals surface area contributed by atoms with Crippen molar-refractivity contribution in [1.29, 1.82) is 0 Å². The number of carbonyl (C=O) groups is 1. The highest BCUT2D eigenvalue weighted by Gasteiger charge is 2.29. The zero-order chi connectivity index (χ0) is 12.1. The maximum Gasteiger partial charge on any atom is 0.237 e. The summed E-state index contributed by atoms with van der Waals surface area (Å²) in [4.78, 5) is 13.4. The number of carbonyl (C=O) groups excluding carboxylic acids is 1. The SMILES string of the molecule is CCCN(CC)C(C)CC(C)(N)C(N)=O. The van der Waals surface area contributed by atoms with Gasteiger partial charge < -0.3 is 16.4 Å². The molecule has 0 saturated heterocycles. The van der Waals surface area contributed by atoms with Gasteiger partial charge in [0.2, 0.25) is 5.91 Å². The van der Waals surface area contributed by atoms with E-state index in [2.05, 4.69) is 25.7 Å². The van der Waals surface area contributed by atoms with Crippen molar-refractivity contribution in [3.05, 3.63) is 0 Å². The fourth-order valence-corrected chi connectivity index (χ4v) is 1.82. The van der Waals surface area contributed by atoms with Crippen molar-refractivity contribution in [3.8, 4) is 0 Å². The quantitative estimate of drug-likeness (QED) is 0.656. The lowest BCUT2D eigenvalue weighted by Crippen LogP contribution is -2.53. The molecule has 0 radical (unpaired) electrons. The van der Waals surface area contributed by atoms with Crippen LogP contribution in [0.5, 0.6) is 0 Å². The lowest BCUT2D eigenvalue weighted by molar-refractivity contribution is -0.123. The van der Waals surface area contributed by atoms with Crippen molar-refractivity contribution in [2.45, 2.75) is 52.1 Å². The van der Waals surface area contributed by atoms with Gasteiger partial charge >= 0.3 is 0 Å². The van der Waals surface area contributed by atoms with Crippen LogP contribution in [0.2, 0.25) is 0 Å². The second kappa shape index (κ2) is 6.08. The lowest BCUT2D eigenvalue weighted by Gasteiger charge is -2.32. The van der Waals surface area contributed by atoms with Crippen molar-refractivity contribution in [2.24, 2.45) is 11.5 Å². The molecular weight excluding hydrogens is 190 g/mol. The first-order valence-corrected chi connectivity index (χ1v) is 5.68. The van der Waals surface area contributed by atoms with E-state index in [9.17, 15) is 4.79 Å². The molecule has 0 rings (SSSR count). The van der Waals surface area contributed by atoms with Gasteiger partial charge in [-0.2, -0.15) is 0 Å². The van der Waals surface area contributed by atoms with Gasteiger partial charge in [0.05, 0.1) is 5.54 Å². The smallest absolute Gasteiger partial charge is 0.237 e. The van der Waals surface area contributed by atoms with Crippen LogP contribution < -0.4 is 11.5 Å². The number of hydrogen-bond acceptors (Lipinski definition) is 3. The molecule has 0 aromatic carbocycles. The minimum Gasteiger partial charge on any atom is -0.368 e. The molecule has 15 heavy (non-hydrogen) atoms. The van der Waals surface area contributed by atoms with E-state index >= 15 is 0 Å². The third kappa shape index (κ3) is 4.62. The van der Waals surface area contributed by atoms with Crippen LogP contribution in [0.3, 0.4) is 0 Å². The molecule has 0 aromatic rings. The van der Waals surface area contributed by atoms with E-state index < -0.39 is 11.4 Å². The van der Waals surface area contributed by atoms with Crippen LogP contribution in [0.25, 0.3) is 0 Å². The van der Waals surface area contributed by atoms with Crippen molar-refractivity contribution in [2.75, 3.05) is 13.1 Å². The van der Waals surface area contributed by atoms with E-state index in [4.69, 9.17) is 11.5 Å². The normalized spacial score (nSPS) is 17.5. The average Bonchev–Trinajstić information content (AvgIpc) is 2.12. The summed E-state index contributed by atoms with van der Waals surface area (Å²) in [6.07, 6.45) is 1.71. The number of primary amides is 1. The molecule has 0 aliphatic carbocycles. The van der Waals surface area contributed by atoms with Gasteiger partial charge in [-0.25, -0.2) is 0 Å². The van der Waals surface area contributed by atoms with Gasteiger partial charge in [0, 0.05) is 6.04 Å². The molecule has 1 amide bonds. The molecule has 0 spiro atoms. The number of nitrogens with two attached hydrogens (primary N) is 2. The summed E-state index contributed by atoms with van der Waals surface area (Å²) in [5.41, 5.74) is 10.2. The van der Waals surface area contributed by atoms with Crippen molar-refractivity contribution >= 4 is 5.91 Å². The fourth-order valence-electron chi connectivity index (χ4n) is 1.82. The molecule has 0 aliphatic heterocycles. The highest BCUT2D eigenvalue weighted by Crippen LogP contribution is 2.13. The molecule has 0 fully saturated rings. The number of nitrogens with zero attached hydrogens (tertiary/aromatic N) is 1. The number of hydrogen-bond donors (Lipinski definition) is 2. The van der Waals surface area contributed by atoms with Crippen LogP contribution in [-0.2, 0) is 4.79 Å². The van der Waals surface area contributed by atoms with Gasteiger partial charge in [0.1, 0.15) is 0 Å². The lowest BCUT2D eigenvalue weighted by atomic mass is 9.93. The van der Waals surface area contributed by atoms with Crippen LogP contribution in [0.1, 0.15) is 40.5 Å². The maximum atomic E-state index is 11.1. The van der Waals surface area contributed by atoms with Gasteiger partial charge in [-0.3, -0.25) is 4.79 Å². The molecule has 0 heterocycles. The van der Waals surface area contributed by atoms with Gasteiger partial charge in [-0.05, 0) is 39.8 Å². The predicted molar refractivity (Wildman–Crippen MR) is 63.4 cm³/mol. The topological polar surface area (TPSA) is 72.3 Å². The van der Waals surface area contributed by atoms with Crippen LogP contribution in [0, 0.1) is 0 Å². The molecule has 2 unspecified atom stereocenters.